The molecule has 0 fully saturated rings. The molecule has 0 aliphatic carbocycles. The average Bonchev–Trinajstić information content (AvgIpc) is 3.17. The highest BCUT2D eigenvalue weighted by molar-refractivity contribution is 6.42. The van der Waals surface area contributed by atoms with Crippen LogP contribution in [0.25, 0.3) is 33.8 Å². The molecule has 2 heterocycles. The SMILES string of the molecule is Cc1ccc(-c2cc(-c3nc4cc(Cl)c(Cl)cc4[nH]3)[nH]n2)cc1C. The molecule has 0 spiro atoms. The zero-order valence-electron chi connectivity index (χ0n) is 13.1. The molecule has 2 aromatic heterocycles. The highest BCUT2D eigenvalue weighted by atomic mass is 35.5. The number of hydrogen-bond donors (Lipinski definition) is 2. The smallest absolute Gasteiger partial charge is 0.156 e. The van der Waals surface area contributed by atoms with Gasteiger partial charge in [0.25, 0.3) is 0 Å². The van der Waals surface area contributed by atoms with E-state index in [4.69, 9.17) is 23.2 Å². The summed E-state index contributed by atoms with van der Waals surface area (Å²) in [4.78, 5) is 7.79. The van der Waals surface area contributed by atoms with Gasteiger partial charge in [0.15, 0.2) is 5.82 Å². The van der Waals surface area contributed by atoms with Crippen molar-refractivity contribution in [2.24, 2.45) is 0 Å². The van der Waals surface area contributed by atoms with Crippen molar-refractivity contribution in [1.29, 1.82) is 0 Å². The lowest BCUT2D eigenvalue weighted by Crippen LogP contribution is -1.83. The third kappa shape index (κ3) is 2.58. The van der Waals surface area contributed by atoms with Gasteiger partial charge in [-0.25, -0.2) is 4.98 Å². The van der Waals surface area contributed by atoms with Crippen LogP contribution in [0, 0.1) is 13.8 Å². The molecule has 0 bridgehead atoms. The average molecular weight is 357 g/mol. The molecule has 24 heavy (non-hydrogen) atoms. The number of nitrogens with zero attached hydrogens (tertiary/aromatic N) is 2. The van der Waals surface area contributed by atoms with E-state index in [0.29, 0.717) is 15.9 Å². The lowest BCUT2D eigenvalue weighted by Gasteiger charge is -2.01. The van der Waals surface area contributed by atoms with Crippen LogP contribution in [-0.2, 0) is 0 Å². The van der Waals surface area contributed by atoms with Gasteiger partial charge in [0, 0.05) is 5.56 Å². The Morgan fingerprint density at radius 1 is 0.917 bits per heavy atom. The summed E-state index contributed by atoms with van der Waals surface area (Å²) in [7, 11) is 0. The van der Waals surface area contributed by atoms with E-state index in [9.17, 15) is 0 Å². The molecule has 2 aromatic carbocycles. The lowest BCUT2D eigenvalue weighted by molar-refractivity contribution is 1.08. The zero-order chi connectivity index (χ0) is 16.8. The second-order valence-electron chi connectivity index (χ2n) is 5.83. The van der Waals surface area contributed by atoms with E-state index in [1.165, 1.54) is 11.1 Å². The number of fused-ring (bicyclic) bond motifs is 1. The molecule has 0 aliphatic rings. The van der Waals surface area contributed by atoms with Gasteiger partial charge in [-0.15, -0.1) is 0 Å². The van der Waals surface area contributed by atoms with Crippen LogP contribution in [0.15, 0.2) is 36.4 Å². The van der Waals surface area contributed by atoms with Crippen LogP contribution < -0.4 is 0 Å². The number of benzene rings is 2. The zero-order valence-corrected chi connectivity index (χ0v) is 14.6. The Morgan fingerprint density at radius 2 is 1.71 bits per heavy atom. The highest BCUT2D eigenvalue weighted by Gasteiger charge is 2.12. The molecular weight excluding hydrogens is 343 g/mol. The largest absolute Gasteiger partial charge is 0.337 e. The minimum Gasteiger partial charge on any atom is -0.337 e. The number of halogens is 2. The predicted octanol–water partition coefficient (Wildman–Crippen LogP) is 5.54. The molecule has 0 aliphatic heterocycles. The molecule has 4 rings (SSSR count). The number of aryl methyl sites for hydroxylation is 2. The van der Waals surface area contributed by atoms with Gasteiger partial charge in [-0.2, -0.15) is 5.10 Å². The number of nitrogens with one attached hydrogen (secondary N) is 2. The van der Waals surface area contributed by atoms with Gasteiger partial charge >= 0.3 is 0 Å². The van der Waals surface area contributed by atoms with Gasteiger partial charge in [-0.3, -0.25) is 5.10 Å². The summed E-state index contributed by atoms with van der Waals surface area (Å²) in [5.74, 6) is 0.700. The second kappa shape index (κ2) is 5.65. The van der Waals surface area contributed by atoms with E-state index in [-0.39, 0.29) is 0 Å². The van der Waals surface area contributed by atoms with Crippen LogP contribution in [0.1, 0.15) is 11.1 Å². The lowest BCUT2D eigenvalue weighted by atomic mass is 10.0. The summed E-state index contributed by atoms with van der Waals surface area (Å²) in [5.41, 5.74) is 6.87. The number of hydrogen-bond acceptors (Lipinski definition) is 2. The quantitative estimate of drug-likeness (QED) is 0.495. The maximum Gasteiger partial charge on any atom is 0.156 e. The van der Waals surface area contributed by atoms with Crippen LogP contribution in [0.3, 0.4) is 0 Å². The normalized spacial score (nSPS) is 11.3. The first-order valence-corrected chi connectivity index (χ1v) is 8.25. The second-order valence-corrected chi connectivity index (χ2v) is 6.65. The fourth-order valence-electron chi connectivity index (χ4n) is 2.62. The van der Waals surface area contributed by atoms with Gasteiger partial charge < -0.3 is 4.98 Å². The van der Waals surface area contributed by atoms with Crippen LogP contribution in [0.5, 0.6) is 0 Å². The maximum atomic E-state index is 6.05. The van der Waals surface area contributed by atoms with Crippen LogP contribution >= 0.6 is 23.2 Å². The first kappa shape index (κ1) is 15.2. The van der Waals surface area contributed by atoms with E-state index in [0.717, 1.165) is 28.0 Å². The molecule has 120 valence electrons. The number of aromatic nitrogens is 4. The summed E-state index contributed by atoms with van der Waals surface area (Å²) < 4.78 is 0. The molecule has 2 N–H and O–H groups in total. The van der Waals surface area contributed by atoms with Crippen molar-refractivity contribution in [3.05, 3.63) is 57.6 Å². The van der Waals surface area contributed by atoms with E-state index in [1.807, 2.05) is 6.07 Å². The summed E-state index contributed by atoms with van der Waals surface area (Å²) in [6.45, 7) is 4.19. The fraction of sp³-hybridized carbons (Fsp3) is 0.111. The van der Waals surface area contributed by atoms with E-state index in [1.54, 1.807) is 12.1 Å². The van der Waals surface area contributed by atoms with Crippen molar-refractivity contribution in [2.75, 3.05) is 0 Å². The molecule has 0 amide bonds. The van der Waals surface area contributed by atoms with E-state index >= 15 is 0 Å². The molecule has 0 radical (unpaired) electrons. The highest BCUT2D eigenvalue weighted by Crippen LogP contribution is 2.29. The number of rotatable bonds is 2. The molecule has 4 aromatic rings. The molecule has 0 atom stereocenters. The Morgan fingerprint density at radius 3 is 2.50 bits per heavy atom. The Labute approximate surface area is 148 Å². The van der Waals surface area contributed by atoms with Crippen LogP contribution in [-0.4, -0.2) is 20.2 Å². The summed E-state index contributed by atoms with van der Waals surface area (Å²) in [5, 5.41) is 8.43. The van der Waals surface area contributed by atoms with Gasteiger partial charge in [-0.05, 0) is 49.2 Å². The molecule has 4 nitrogen and oxygen atoms in total. The van der Waals surface area contributed by atoms with Crippen molar-refractivity contribution in [3.63, 3.8) is 0 Å². The standard InChI is InChI=1S/C18H14Cl2N4/c1-9-3-4-11(5-10(9)2)14-8-17(24-23-14)18-21-15-6-12(19)13(20)7-16(15)22-18/h3-8H,1-2H3,(H,21,22)(H,23,24). The maximum absolute atomic E-state index is 6.05. The summed E-state index contributed by atoms with van der Waals surface area (Å²) >= 11 is 12.1. The Balaban J connectivity index is 1.75. The minimum atomic E-state index is 0.489. The van der Waals surface area contributed by atoms with Gasteiger partial charge in [0.05, 0.1) is 26.8 Å². The van der Waals surface area contributed by atoms with Gasteiger partial charge in [0.1, 0.15) is 5.69 Å². The third-order valence-electron chi connectivity index (χ3n) is 4.16. The van der Waals surface area contributed by atoms with Crippen molar-refractivity contribution in [1.82, 2.24) is 20.2 Å². The van der Waals surface area contributed by atoms with Crippen molar-refractivity contribution < 1.29 is 0 Å². The van der Waals surface area contributed by atoms with Crippen LogP contribution in [0.2, 0.25) is 10.0 Å². The molecular formula is C18H14Cl2N4. The van der Waals surface area contributed by atoms with E-state index in [2.05, 4.69) is 52.2 Å². The molecule has 0 saturated carbocycles. The van der Waals surface area contributed by atoms with Crippen molar-refractivity contribution in [3.8, 4) is 22.8 Å². The van der Waals surface area contributed by atoms with E-state index < -0.39 is 0 Å². The van der Waals surface area contributed by atoms with Gasteiger partial charge in [0.2, 0.25) is 0 Å². The topological polar surface area (TPSA) is 57.4 Å². The third-order valence-corrected chi connectivity index (χ3v) is 4.88. The Bertz CT molecular complexity index is 1020. The Hall–Kier alpha value is -2.30. The summed E-state index contributed by atoms with van der Waals surface area (Å²) in [6.07, 6.45) is 0. The predicted molar refractivity (Wildman–Crippen MR) is 98.6 cm³/mol. The summed E-state index contributed by atoms with van der Waals surface area (Å²) in [6, 6.07) is 11.8. The minimum absolute atomic E-state index is 0.489. The fourth-order valence-corrected chi connectivity index (χ4v) is 2.95. The molecule has 0 unspecified atom stereocenters. The molecule has 0 saturated heterocycles. The number of H-pyrrole nitrogens is 2. The first-order valence-electron chi connectivity index (χ1n) is 7.49. The van der Waals surface area contributed by atoms with Gasteiger partial charge in [-0.1, -0.05) is 35.3 Å². The Kier molecular flexibility index (Phi) is 3.59. The monoisotopic (exact) mass is 356 g/mol. The molecule has 6 heteroatoms. The van der Waals surface area contributed by atoms with Crippen LogP contribution in [0.4, 0.5) is 0 Å². The number of imidazole rings is 1. The number of aromatic amines is 2. The van der Waals surface area contributed by atoms with Crippen molar-refractivity contribution in [2.45, 2.75) is 13.8 Å². The first-order chi connectivity index (χ1) is 11.5. The van der Waals surface area contributed by atoms with Crippen molar-refractivity contribution >= 4 is 34.2 Å².